The molecular formula is C25H22FN5O2. The zero-order valence-corrected chi connectivity index (χ0v) is 17.8. The summed E-state index contributed by atoms with van der Waals surface area (Å²) < 4.78 is 16.1. The highest BCUT2D eigenvalue weighted by Gasteiger charge is 2.28. The number of aromatic nitrogens is 3. The number of nitrogens with zero attached hydrogens (tertiary/aromatic N) is 4. The van der Waals surface area contributed by atoms with Crippen LogP contribution in [0.3, 0.4) is 0 Å². The van der Waals surface area contributed by atoms with Gasteiger partial charge in [-0.2, -0.15) is 5.10 Å². The summed E-state index contributed by atoms with van der Waals surface area (Å²) in [7, 11) is 0. The van der Waals surface area contributed by atoms with Crippen LogP contribution in [0.15, 0.2) is 66.7 Å². The molecule has 3 heterocycles. The van der Waals surface area contributed by atoms with Crippen molar-refractivity contribution in [1.29, 1.82) is 0 Å². The third-order valence-corrected chi connectivity index (χ3v) is 6.05. The molecule has 33 heavy (non-hydrogen) atoms. The molecule has 2 N–H and O–H groups in total. The van der Waals surface area contributed by atoms with Crippen molar-refractivity contribution in [3.8, 4) is 22.5 Å². The maximum absolute atomic E-state index is 14.6. The number of nitrogens with two attached hydrogens (primary N) is 1. The molecular weight excluding hydrogens is 421 g/mol. The van der Waals surface area contributed by atoms with Gasteiger partial charge in [-0.1, -0.05) is 42.5 Å². The highest BCUT2D eigenvalue weighted by molar-refractivity contribution is 5.94. The van der Waals surface area contributed by atoms with Gasteiger partial charge in [0.05, 0.1) is 11.4 Å². The fourth-order valence-corrected chi connectivity index (χ4v) is 4.21. The van der Waals surface area contributed by atoms with Crippen molar-refractivity contribution < 1.29 is 14.0 Å². The quantitative estimate of drug-likeness (QED) is 0.522. The van der Waals surface area contributed by atoms with Crippen molar-refractivity contribution in [2.45, 2.75) is 12.8 Å². The van der Waals surface area contributed by atoms with E-state index in [9.17, 15) is 14.0 Å². The van der Waals surface area contributed by atoms with E-state index in [-0.39, 0.29) is 23.4 Å². The largest absolute Gasteiger partial charge is 0.369 e. The first-order valence-electron chi connectivity index (χ1n) is 10.8. The molecule has 2 amide bonds. The summed E-state index contributed by atoms with van der Waals surface area (Å²) in [6.45, 7) is 0.830. The number of hydrogen-bond donors (Lipinski definition) is 1. The molecule has 1 fully saturated rings. The van der Waals surface area contributed by atoms with Crippen molar-refractivity contribution >= 4 is 17.5 Å². The molecule has 0 saturated carbocycles. The molecule has 0 bridgehead atoms. The van der Waals surface area contributed by atoms with E-state index in [1.165, 1.54) is 10.6 Å². The van der Waals surface area contributed by atoms with Gasteiger partial charge in [0.2, 0.25) is 5.91 Å². The van der Waals surface area contributed by atoms with E-state index in [1.54, 1.807) is 35.2 Å². The Kier molecular flexibility index (Phi) is 5.34. The molecule has 166 valence electrons. The molecule has 1 aliphatic heterocycles. The summed E-state index contributed by atoms with van der Waals surface area (Å²) in [6, 6.07) is 19.3. The molecule has 0 unspecified atom stereocenters. The Bertz CT molecular complexity index is 1340. The molecule has 0 aliphatic carbocycles. The van der Waals surface area contributed by atoms with Crippen LogP contribution >= 0.6 is 0 Å². The summed E-state index contributed by atoms with van der Waals surface area (Å²) >= 11 is 0. The van der Waals surface area contributed by atoms with Crippen LogP contribution in [-0.2, 0) is 4.79 Å². The lowest BCUT2D eigenvalue weighted by atomic mass is 9.96. The predicted molar refractivity (Wildman–Crippen MR) is 122 cm³/mol. The summed E-state index contributed by atoms with van der Waals surface area (Å²) in [6.07, 6.45) is 1.04. The van der Waals surface area contributed by atoms with E-state index in [0.29, 0.717) is 48.5 Å². The zero-order valence-electron chi connectivity index (χ0n) is 17.8. The van der Waals surface area contributed by atoms with Crippen LogP contribution in [0.4, 0.5) is 4.39 Å². The van der Waals surface area contributed by atoms with Crippen molar-refractivity contribution in [1.82, 2.24) is 19.5 Å². The second kappa shape index (κ2) is 8.46. The Morgan fingerprint density at radius 1 is 0.939 bits per heavy atom. The van der Waals surface area contributed by atoms with E-state index in [1.807, 2.05) is 30.3 Å². The van der Waals surface area contributed by atoms with Crippen LogP contribution in [0.25, 0.3) is 28.2 Å². The van der Waals surface area contributed by atoms with Gasteiger partial charge in [0, 0.05) is 36.2 Å². The van der Waals surface area contributed by atoms with Gasteiger partial charge in [0.25, 0.3) is 5.91 Å². The number of benzene rings is 2. The number of amides is 2. The third kappa shape index (κ3) is 3.95. The summed E-state index contributed by atoms with van der Waals surface area (Å²) in [5, 5.41) is 4.64. The molecule has 0 spiro atoms. The number of rotatable bonds is 4. The van der Waals surface area contributed by atoms with E-state index < -0.39 is 5.82 Å². The van der Waals surface area contributed by atoms with Crippen LogP contribution < -0.4 is 5.73 Å². The molecule has 1 saturated heterocycles. The summed E-state index contributed by atoms with van der Waals surface area (Å²) in [4.78, 5) is 31.3. The van der Waals surface area contributed by atoms with Gasteiger partial charge in [-0.15, -0.1) is 0 Å². The summed E-state index contributed by atoms with van der Waals surface area (Å²) in [5.74, 6) is -1.23. The number of carbonyl (C=O) groups is 2. The molecule has 2 aromatic heterocycles. The van der Waals surface area contributed by atoms with Crippen molar-refractivity contribution in [2.24, 2.45) is 11.7 Å². The minimum Gasteiger partial charge on any atom is -0.369 e. The van der Waals surface area contributed by atoms with Crippen LogP contribution in [0.5, 0.6) is 0 Å². The number of piperidine rings is 1. The smallest absolute Gasteiger partial charge is 0.272 e. The third-order valence-electron chi connectivity index (χ3n) is 6.05. The Hall–Kier alpha value is -4.07. The number of likely N-dealkylation sites (tertiary alicyclic amines) is 1. The second-order valence-electron chi connectivity index (χ2n) is 8.14. The van der Waals surface area contributed by atoms with E-state index in [0.717, 1.165) is 5.56 Å². The fraction of sp³-hybridized carbons (Fsp3) is 0.200. The maximum Gasteiger partial charge on any atom is 0.272 e. The monoisotopic (exact) mass is 443 g/mol. The Morgan fingerprint density at radius 2 is 1.64 bits per heavy atom. The molecule has 2 aromatic carbocycles. The van der Waals surface area contributed by atoms with E-state index >= 15 is 0 Å². The molecule has 5 rings (SSSR count). The first-order chi connectivity index (χ1) is 16.0. The van der Waals surface area contributed by atoms with Gasteiger partial charge in [-0.25, -0.2) is 13.9 Å². The van der Waals surface area contributed by atoms with Crippen molar-refractivity contribution in [3.05, 3.63) is 78.2 Å². The average molecular weight is 443 g/mol. The first kappa shape index (κ1) is 20.8. The second-order valence-corrected chi connectivity index (χ2v) is 8.14. The van der Waals surface area contributed by atoms with Crippen LogP contribution in [0.1, 0.15) is 23.3 Å². The number of halogens is 1. The maximum atomic E-state index is 14.6. The van der Waals surface area contributed by atoms with Crippen LogP contribution in [0, 0.1) is 11.7 Å². The van der Waals surface area contributed by atoms with Crippen LogP contribution in [0.2, 0.25) is 0 Å². The van der Waals surface area contributed by atoms with Gasteiger partial charge < -0.3 is 10.6 Å². The normalized spacial score (nSPS) is 14.5. The van der Waals surface area contributed by atoms with Gasteiger partial charge in [0.1, 0.15) is 11.5 Å². The molecule has 1 aliphatic rings. The highest BCUT2D eigenvalue weighted by Crippen LogP contribution is 2.27. The topological polar surface area (TPSA) is 93.6 Å². The fourth-order valence-electron chi connectivity index (χ4n) is 4.21. The zero-order chi connectivity index (χ0) is 22.9. The molecule has 7 nitrogen and oxygen atoms in total. The standard InChI is InChI=1S/C25H22FN5O2/c26-19-9-5-4-8-18(19)21-14-22(25(33)30-12-10-17(11-13-30)24(27)32)31-23(28-21)15-20(29-31)16-6-2-1-3-7-16/h1-9,14-15,17H,10-13H2,(H2,27,32). The lowest BCUT2D eigenvalue weighted by Crippen LogP contribution is -2.42. The van der Waals surface area contributed by atoms with E-state index in [4.69, 9.17) is 5.73 Å². The molecule has 0 radical (unpaired) electrons. The number of primary amides is 1. The highest BCUT2D eigenvalue weighted by atomic mass is 19.1. The Balaban J connectivity index is 1.61. The molecule has 0 atom stereocenters. The van der Waals surface area contributed by atoms with Gasteiger partial charge in [-0.3, -0.25) is 9.59 Å². The minimum atomic E-state index is -0.419. The Morgan fingerprint density at radius 3 is 2.33 bits per heavy atom. The molecule has 8 heteroatoms. The van der Waals surface area contributed by atoms with Gasteiger partial charge in [-0.05, 0) is 31.0 Å². The van der Waals surface area contributed by atoms with Gasteiger partial charge in [0.15, 0.2) is 5.65 Å². The van der Waals surface area contributed by atoms with E-state index in [2.05, 4.69) is 10.1 Å². The lowest BCUT2D eigenvalue weighted by Gasteiger charge is -2.30. The first-order valence-corrected chi connectivity index (χ1v) is 10.8. The predicted octanol–water partition coefficient (Wildman–Crippen LogP) is 3.54. The van der Waals surface area contributed by atoms with Crippen LogP contribution in [-0.4, -0.2) is 44.4 Å². The van der Waals surface area contributed by atoms with Crippen molar-refractivity contribution in [3.63, 3.8) is 0 Å². The minimum absolute atomic E-state index is 0.227. The SMILES string of the molecule is NC(=O)C1CCN(C(=O)c2cc(-c3ccccc3F)nc3cc(-c4ccccc4)nn23)CC1. The molecule has 4 aromatic rings. The summed E-state index contributed by atoms with van der Waals surface area (Å²) in [5.41, 5.74) is 8.38. The lowest BCUT2D eigenvalue weighted by molar-refractivity contribution is -0.123. The van der Waals surface area contributed by atoms with Crippen molar-refractivity contribution in [2.75, 3.05) is 13.1 Å². The number of hydrogen-bond acceptors (Lipinski definition) is 4. The average Bonchev–Trinajstić information content (AvgIpc) is 3.28. The number of fused-ring (bicyclic) bond motifs is 1. The number of carbonyl (C=O) groups excluding carboxylic acids is 2. The van der Waals surface area contributed by atoms with Gasteiger partial charge >= 0.3 is 0 Å². The Labute approximate surface area is 189 Å².